The van der Waals surface area contributed by atoms with E-state index in [0.29, 0.717) is 0 Å². The van der Waals surface area contributed by atoms with Crippen LogP contribution in [0.2, 0.25) is 0 Å². The summed E-state index contributed by atoms with van der Waals surface area (Å²) in [5, 5.41) is 13.0. The van der Waals surface area contributed by atoms with Gasteiger partial charge in [0.1, 0.15) is 0 Å². The molecule has 0 saturated carbocycles. The summed E-state index contributed by atoms with van der Waals surface area (Å²) in [7, 11) is 0. The fourth-order valence-electron chi connectivity index (χ4n) is 1.82. The molecule has 0 aliphatic carbocycles. The Kier molecular flexibility index (Phi) is 4.90. The Morgan fingerprint density at radius 1 is 1.19 bits per heavy atom. The molecule has 0 aromatic heterocycles. The van der Waals surface area contributed by atoms with Crippen molar-refractivity contribution in [3.05, 3.63) is 75.8 Å². The van der Waals surface area contributed by atoms with Gasteiger partial charge in [-0.15, -0.1) is 11.6 Å². The monoisotopic (exact) mass is 304 g/mol. The lowest BCUT2D eigenvalue weighted by Gasteiger charge is -2.11. The van der Waals surface area contributed by atoms with Crippen LogP contribution in [0.15, 0.2) is 54.6 Å². The first-order chi connectivity index (χ1) is 10.1. The summed E-state index contributed by atoms with van der Waals surface area (Å²) in [5.41, 5.74) is 1.02. The van der Waals surface area contributed by atoms with E-state index in [0.717, 1.165) is 5.56 Å². The average Bonchev–Trinajstić information content (AvgIpc) is 2.53. The molecule has 1 N–H and O–H groups in total. The van der Waals surface area contributed by atoms with E-state index in [1.54, 1.807) is 0 Å². The van der Waals surface area contributed by atoms with Crippen molar-refractivity contribution in [2.24, 2.45) is 0 Å². The Hall–Kier alpha value is -2.40. The van der Waals surface area contributed by atoms with Crippen molar-refractivity contribution < 1.29 is 9.72 Å². The zero-order valence-corrected chi connectivity index (χ0v) is 11.8. The molecule has 1 amide bonds. The zero-order chi connectivity index (χ0) is 15.2. The van der Waals surface area contributed by atoms with Crippen LogP contribution in [-0.2, 0) is 0 Å². The van der Waals surface area contributed by atoms with Crippen molar-refractivity contribution in [2.45, 2.75) is 5.38 Å². The summed E-state index contributed by atoms with van der Waals surface area (Å²) in [6.07, 6.45) is 0. The first-order valence-electron chi connectivity index (χ1n) is 6.29. The summed E-state index contributed by atoms with van der Waals surface area (Å²) in [5.74, 6) is -0.389. The van der Waals surface area contributed by atoms with E-state index in [1.165, 1.54) is 24.3 Å². The predicted octanol–water partition coefficient (Wildman–Crippen LogP) is 3.30. The molecule has 0 bridgehead atoms. The van der Waals surface area contributed by atoms with Gasteiger partial charge in [0.25, 0.3) is 11.6 Å². The minimum absolute atomic E-state index is 0.117. The van der Waals surface area contributed by atoms with Crippen LogP contribution in [0.5, 0.6) is 0 Å². The molecule has 2 aromatic rings. The van der Waals surface area contributed by atoms with Crippen molar-refractivity contribution in [1.29, 1.82) is 0 Å². The Morgan fingerprint density at radius 3 is 2.57 bits per heavy atom. The molecule has 2 aromatic carbocycles. The number of carbonyl (C=O) groups is 1. The van der Waals surface area contributed by atoms with E-state index in [9.17, 15) is 14.9 Å². The number of nitrogens with one attached hydrogen (secondary N) is 1. The second kappa shape index (κ2) is 6.85. The Morgan fingerprint density at radius 2 is 1.90 bits per heavy atom. The largest absolute Gasteiger partial charge is 0.350 e. The first-order valence-corrected chi connectivity index (χ1v) is 6.73. The summed E-state index contributed by atoms with van der Waals surface area (Å²) < 4.78 is 0. The molecule has 5 nitrogen and oxygen atoms in total. The number of non-ortho nitro benzene ring substituents is 1. The fourth-order valence-corrected chi connectivity index (χ4v) is 2.05. The van der Waals surface area contributed by atoms with Gasteiger partial charge in [-0.05, 0) is 11.6 Å². The Balaban J connectivity index is 1.99. The van der Waals surface area contributed by atoms with Gasteiger partial charge in [-0.1, -0.05) is 36.4 Å². The van der Waals surface area contributed by atoms with Gasteiger partial charge in [-0.2, -0.15) is 0 Å². The highest BCUT2D eigenvalue weighted by Gasteiger charge is 2.13. The van der Waals surface area contributed by atoms with Gasteiger partial charge in [0, 0.05) is 24.2 Å². The minimum atomic E-state index is -0.537. The maximum absolute atomic E-state index is 12.0. The number of amides is 1. The van der Waals surface area contributed by atoms with E-state index >= 15 is 0 Å². The standard InChI is InChI=1S/C15H13ClN2O3/c16-14(11-5-2-1-3-6-11)10-17-15(19)12-7-4-8-13(9-12)18(20)21/h1-9,14H,10H2,(H,17,19). The van der Waals surface area contributed by atoms with E-state index in [2.05, 4.69) is 5.32 Å². The lowest BCUT2D eigenvalue weighted by Crippen LogP contribution is -2.26. The van der Waals surface area contributed by atoms with Crippen LogP contribution in [0.25, 0.3) is 0 Å². The molecule has 21 heavy (non-hydrogen) atoms. The molecule has 0 spiro atoms. The number of nitrogens with zero attached hydrogens (tertiary/aromatic N) is 1. The van der Waals surface area contributed by atoms with Crippen LogP contribution in [0.4, 0.5) is 5.69 Å². The van der Waals surface area contributed by atoms with Gasteiger partial charge < -0.3 is 5.32 Å². The molecule has 0 fully saturated rings. The maximum atomic E-state index is 12.0. The van der Waals surface area contributed by atoms with Crippen molar-refractivity contribution in [3.8, 4) is 0 Å². The summed E-state index contributed by atoms with van der Waals surface area (Å²) in [6.45, 7) is 0.243. The normalized spacial score (nSPS) is 11.7. The van der Waals surface area contributed by atoms with Gasteiger partial charge in [0.05, 0.1) is 10.3 Å². The number of hydrogen-bond donors (Lipinski definition) is 1. The van der Waals surface area contributed by atoms with E-state index in [4.69, 9.17) is 11.6 Å². The number of halogens is 1. The molecule has 0 aliphatic rings. The van der Waals surface area contributed by atoms with Crippen LogP contribution in [0.3, 0.4) is 0 Å². The third kappa shape index (κ3) is 4.03. The first kappa shape index (κ1) is 15.0. The van der Waals surface area contributed by atoms with Crippen LogP contribution in [0, 0.1) is 10.1 Å². The van der Waals surface area contributed by atoms with Crippen LogP contribution in [0.1, 0.15) is 21.3 Å². The molecule has 0 heterocycles. The lowest BCUT2D eigenvalue weighted by atomic mass is 10.1. The summed E-state index contributed by atoms with van der Waals surface area (Å²) in [4.78, 5) is 22.1. The smallest absolute Gasteiger partial charge is 0.270 e. The number of alkyl halides is 1. The number of benzene rings is 2. The number of nitro benzene ring substituents is 1. The molecule has 1 unspecified atom stereocenters. The number of carbonyl (C=O) groups excluding carboxylic acids is 1. The Bertz CT molecular complexity index is 646. The molecular formula is C15H13ClN2O3. The van der Waals surface area contributed by atoms with Crippen molar-refractivity contribution in [1.82, 2.24) is 5.32 Å². The number of rotatable bonds is 5. The highest BCUT2D eigenvalue weighted by atomic mass is 35.5. The van der Waals surface area contributed by atoms with Crippen molar-refractivity contribution >= 4 is 23.2 Å². The van der Waals surface area contributed by atoms with Gasteiger partial charge in [0.15, 0.2) is 0 Å². The molecule has 6 heteroatoms. The van der Waals surface area contributed by atoms with Gasteiger partial charge >= 0.3 is 0 Å². The summed E-state index contributed by atoms with van der Waals surface area (Å²) in [6, 6.07) is 14.9. The summed E-state index contributed by atoms with van der Waals surface area (Å²) >= 11 is 6.20. The SMILES string of the molecule is O=C(NCC(Cl)c1ccccc1)c1cccc([N+](=O)[O-])c1. The topological polar surface area (TPSA) is 72.2 Å². The van der Waals surface area contributed by atoms with Gasteiger partial charge in [-0.3, -0.25) is 14.9 Å². The van der Waals surface area contributed by atoms with Crippen molar-refractivity contribution in [2.75, 3.05) is 6.54 Å². The third-order valence-electron chi connectivity index (χ3n) is 2.92. The second-order valence-electron chi connectivity index (χ2n) is 4.40. The fraction of sp³-hybridized carbons (Fsp3) is 0.133. The maximum Gasteiger partial charge on any atom is 0.270 e. The van der Waals surface area contributed by atoms with Crippen LogP contribution in [-0.4, -0.2) is 17.4 Å². The highest BCUT2D eigenvalue weighted by Crippen LogP contribution is 2.19. The van der Waals surface area contributed by atoms with Gasteiger partial charge in [-0.25, -0.2) is 0 Å². The van der Waals surface area contributed by atoms with Gasteiger partial charge in [0.2, 0.25) is 0 Å². The molecule has 0 radical (unpaired) electrons. The number of hydrogen-bond acceptors (Lipinski definition) is 3. The molecule has 2 rings (SSSR count). The van der Waals surface area contributed by atoms with Crippen LogP contribution >= 0.6 is 11.6 Å². The molecular weight excluding hydrogens is 292 g/mol. The minimum Gasteiger partial charge on any atom is -0.350 e. The van der Waals surface area contributed by atoms with E-state index in [1.807, 2.05) is 30.3 Å². The quantitative estimate of drug-likeness (QED) is 0.523. The average molecular weight is 305 g/mol. The predicted molar refractivity (Wildman–Crippen MR) is 80.5 cm³/mol. The zero-order valence-electron chi connectivity index (χ0n) is 11.0. The second-order valence-corrected chi connectivity index (χ2v) is 4.92. The third-order valence-corrected chi connectivity index (χ3v) is 3.33. The van der Waals surface area contributed by atoms with E-state index in [-0.39, 0.29) is 29.1 Å². The van der Waals surface area contributed by atoms with E-state index < -0.39 is 4.92 Å². The molecule has 0 saturated heterocycles. The molecule has 108 valence electrons. The lowest BCUT2D eigenvalue weighted by molar-refractivity contribution is -0.384. The molecule has 1 atom stereocenters. The highest BCUT2D eigenvalue weighted by molar-refractivity contribution is 6.21. The molecule has 0 aliphatic heterocycles. The van der Waals surface area contributed by atoms with Crippen molar-refractivity contribution in [3.63, 3.8) is 0 Å². The van der Waals surface area contributed by atoms with Crippen LogP contribution < -0.4 is 5.32 Å². The Labute approximate surface area is 126 Å². The number of nitro groups is 1.